The lowest BCUT2D eigenvalue weighted by Gasteiger charge is -2.17. The fourth-order valence-electron chi connectivity index (χ4n) is 1.77. The van der Waals surface area contributed by atoms with Gasteiger partial charge in [0.15, 0.2) is 5.82 Å². The molecule has 1 atom stereocenters. The van der Waals surface area contributed by atoms with Gasteiger partial charge in [-0.2, -0.15) is 10.4 Å². The highest BCUT2D eigenvalue weighted by Crippen LogP contribution is 2.39. The molecule has 1 unspecified atom stereocenters. The first-order chi connectivity index (χ1) is 6.95. The second-order valence-corrected chi connectivity index (χ2v) is 4.86. The maximum absolute atomic E-state index is 9.16. The predicted molar refractivity (Wildman–Crippen MR) is 57.1 cm³/mol. The lowest BCUT2D eigenvalue weighted by molar-refractivity contribution is 0.567. The van der Waals surface area contributed by atoms with Crippen LogP contribution in [0.2, 0.25) is 0 Å². The summed E-state index contributed by atoms with van der Waals surface area (Å²) in [7, 11) is 0. The van der Waals surface area contributed by atoms with Gasteiger partial charge in [-0.05, 0) is 17.9 Å². The molecule has 2 heterocycles. The summed E-state index contributed by atoms with van der Waals surface area (Å²) in [5.41, 5.74) is 1.68. The zero-order valence-corrected chi connectivity index (χ0v) is 9.44. The number of fused-ring (bicyclic) bond motifs is 1. The molecule has 1 aromatic heterocycles. The van der Waals surface area contributed by atoms with Gasteiger partial charge in [0.1, 0.15) is 17.8 Å². The quantitative estimate of drug-likeness (QED) is 0.637. The molecule has 0 N–H and O–H groups in total. The van der Waals surface area contributed by atoms with Crippen LogP contribution in [0.25, 0.3) is 0 Å². The third kappa shape index (κ3) is 1.35. The van der Waals surface area contributed by atoms with Crippen LogP contribution in [0.1, 0.15) is 45.0 Å². The first-order valence-electron chi connectivity index (χ1n) is 5.01. The Morgan fingerprint density at radius 1 is 1.47 bits per heavy atom. The van der Waals surface area contributed by atoms with Gasteiger partial charge in [0.25, 0.3) is 0 Å². The van der Waals surface area contributed by atoms with Gasteiger partial charge in [-0.15, -0.1) is 5.11 Å². The van der Waals surface area contributed by atoms with E-state index in [-0.39, 0.29) is 11.6 Å². The monoisotopic (exact) mass is 202 g/mol. The van der Waals surface area contributed by atoms with Crippen LogP contribution in [-0.4, -0.2) is 4.57 Å². The SMILES string of the molecule is CC1N=Nc2c(C#N)c(C(C)(C)C)cn21. The first kappa shape index (κ1) is 9.91. The maximum atomic E-state index is 9.16. The normalized spacial score (nSPS) is 19.0. The molecule has 0 radical (unpaired) electrons. The number of nitrogens with zero attached hydrogens (tertiary/aromatic N) is 4. The predicted octanol–water partition coefficient (Wildman–Crippen LogP) is 3.27. The molecular weight excluding hydrogens is 188 g/mol. The standard InChI is InChI=1S/C11H14N4/c1-7-13-14-10-8(5-12)9(6-15(7)10)11(2,3)4/h6-7H,1-4H3. The van der Waals surface area contributed by atoms with E-state index in [1.165, 1.54) is 0 Å². The van der Waals surface area contributed by atoms with Crippen molar-refractivity contribution in [1.82, 2.24) is 4.57 Å². The summed E-state index contributed by atoms with van der Waals surface area (Å²) in [6.07, 6.45) is 2.02. The number of hydrogen-bond donors (Lipinski definition) is 0. The van der Waals surface area contributed by atoms with Crippen molar-refractivity contribution in [3.8, 4) is 6.07 Å². The van der Waals surface area contributed by atoms with E-state index < -0.39 is 0 Å². The molecule has 15 heavy (non-hydrogen) atoms. The largest absolute Gasteiger partial charge is 0.306 e. The highest BCUT2D eigenvalue weighted by molar-refractivity contribution is 5.57. The molecule has 1 aliphatic heterocycles. The van der Waals surface area contributed by atoms with Gasteiger partial charge in [-0.3, -0.25) is 0 Å². The van der Waals surface area contributed by atoms with Crippen LogP contribution < -0.4 is 0 Å². The Balaban J connectivity index is 2.66. The van der Waals surface area contributed by atoms with Gasteiger partial charge in [0, 0.05) is 6.20 Å². The molecular formula is C11H14N4. The van der Waals surface area contributed by atoms with Crippen LogP contribution in [0.5, 0.6) is 0 Å². The molecule has 4 heteroatoms. The van der Waals surface area contributed by atoms with E-state index in [0.29, 0.717) is 11.4 Å². The van der Waals surface area contributed by atoms with Gasteiger partial charge in [-0.1, -0.05) is 20.8 Å². The van der Waals surface area contributed by atoms with Gasteiger partial charge in [0.05, 0.1) is 0 Å². The number of aromatic nitrogens is 1. The molecule has 0 amide bonds. The van der Waals surface area contributed by atoms with Crippen molar-refractivity contribution in [3.63, 3.8) is 0 Å². The molecule has 2 rings (SSSR count). The minimum atomic E-state index is -0.0301. The summed E-state index contributed by atoms with van der Waals surface area (Å²) in [6.45, 7) is 8.26. The van der Waals surface area contributed by atoms with Gasteiger partial charge in [-0.25, -0.2) is 0 Å². The topological polar surface area (TPSA) is 53.4 Å². The highest BCUT2D eigenvalue weighted by atomic mass is 15.4. The maximum Gasteiger partial charge on any atom is 0.174 e. The van der Waals surface area contributed by atoms with E-state index in [1.807, 2.05) is 17.7 Å². The van der Waals surface area contributed by atoms with Crippen LogP contribution in [0, 0.1) is 11.3 Å². The molecule has 0 saturated carbocycles. The van der Waals surface area contributed by atoms with Gasteiger partial charge in [0.2, 0.25) is 0 Å². The highest BCUT2D eigenvalue weighted by Gasteiger charge is 2.28. The second-order valence-electron chi connectivity index (χ2n) is 4.86. The molecule has 0 aromatic carbocycles. The van der Waals surface area contributed by atoms with Crippen molar-refractivity contribution >= 4 is 5.82 Å². The van der Waals surface area contributed by atoms with Crippen LogP contribution in [0.15, 0.2) is 16.4 Å². The van der Waals surface area contributed by atoms with E-state index in [0.717, 1.165) is 5.56 Å². The van der Waals surface area contributed by atoms with E-state index in [2.05, 4.69) is 37.1 Å². The summed E-state index contributed by atoms with van der Waals surface area (Å²) < 4.78 is 1.96. The minimum absolute atomic E-state index is 0.0169. The number of rotatable bonds is 0. The number of azo groups is 1. The summed E-state index contributed by atoms with van der Waals surface area (Å²) in [5, 5.41) is 17.2. The lowest BCUT2D eigenvalue weighted by atomic mass is 9.86. The molecule has 4 nitrogen and oxygen atoms in total. The van der Waals surface area contributed by atoms with Crippen LogP contribution in [0.4, 0.5) is 5.82 Å². The lowest BCUT2D eigenvalue weighted by Crippen LogP contribution is -2.11. The Kier molecular flexibility index (Phi) is 1.93. The second kappa shape index (κ2) is 2.93. The van der Waals surface area contributed by atoms with Crippen molar-refractivity contribution in [2.45, 2.75) is 39.3 Å². The van der Waals surface area contributed by atoms with E-state index >= 15 is 0 Å². The summed E-state index contributed by atoms with van der Waals surface area (Å²) in [6, 6.07) is 2.23. The van der Waals surface area contributed by atoms with Crippen molar-refractivity contribution in [2.24, 2.45) is 10.2 Å². The van der Waals surface area contributed by atoms with Gasteiger partial charge >= 0.3 is 0 Å². The average Bonchev–Trinajstić information content (AvgIpc) is 2.64. The average molecular weight is 202 g/mol. The van der Waals surface area contributed by atoms with Crippen LogP contribution >= 0.6 is 0 Å². The fraction of sp³-hybridized carbons (Fsp3) is 0.545. The fourth-order valence-corrected chi connectivity index (χ4v) is 1.77. The molecule has 0 aliphatic carbocycles. The minimum Gasteiger partial charge on any atom is -0.306 e. The smallest absolute Gasteiger partial charge is 0.174 e. The van der Waals surface area contributed by atoms with Crippen LogP contribution in [0.3, 0.4) is 0 Å². The van der Waals surface area contributed by atoms with Crippen molar-refractivity contribution < 1.29 is 0 Å². The molecule has 0 spiro atoms. The van der Waals surface area contributed by atoms with E-state index in [4.69, 9.17) is 5.26 Å². The Hall–Kier alpha value is -1.63. The zero-order chi connectivity index (χ0) is 11.2. The Bertz CT molecular complexity index is 468. The van der Waals surface area contributed by atoms with Gasteiger partial charge < -0.3 is 4.57 Å². The van der Waals surface area contributed by atoms with E-state index in [9.17, 15) is 0 Å². The summed E-state index contributed by atoms with van der Waals surface area (Å²) >= 11 is 0. The molecule has 78 valence electrons. The van der Waals surface area contributed by atoms with Crippen LogP contribution in [-0.2, 0) is 5.41 Å². The van der Waals surface area contributed by atoms with Crippen molar-refractivity contribution in [1.29, 1.82) is 5.26 Å². The Morgan fingerprint density at radius 2 is 2.13 bits per heavy atom. The Labute approximate surface area is 89.2 Å². The molecule has 1 aromatic rings. The van der Waals surface area contributed by atoms with E-state index in [1.54, 1.807) is 0 Å². The number of hydrogen-bond acceptors (Lipinski definition) is 3. The zero-order valence-electron chi connectivity index (χ0n) is 9.44. The Morgan fingerprint density at radius 3 is 2.67 bits per heavy atom. The van der Waals surface area contributed by atoms with Crippen molar-refractivity contribution in [3.05, 3.63) is 17.3 Å². The molecule has 0 saturated heterocycles. The summed E-state index contributed by atoms with van der Waals surface area (Å²) in [5.74, 6) is 0.704. The first-order valence-corrected chi connectivity index (χ1v) is 5.01. The molecule has 1 aliphatic rings. The molecule has 0 bridgehead atoms. The summed E-state index contributed by atoms with van der Waals surface area (Å²) in [4.78, 5) is 0. The number of nitriles is 1. The molecule has 0 fully saturated rings. The third-order valence-electron chi connectivity index (χ3n) is 2.65. The third-order valence-corrected chi connectivity index (χ3v) is 2.65. The van der Waals surface area contributed by atoms with Crippen molar-refractivity contribution in [2.75, 3.05) is 0 Å².